The highest BCUT2D eigenvalue weighted by molar-refractivity contribution is 5.91. The summed E-state index contributed by atoms with van der Waals surface area (Å²) in [5, 5.41) is 7.33. The van der Waals surface area contributed by atoms with Gasteiger partial charge in [0.05, 0.1) is 5.69 Å². The van der Waals surface area contributed by atoms with Crippen LogP contribution in [0.25, 0.3) is 0 Å². The lowest BCUT2D eigenvalue weighted by Crippen LogP contribution is -2.25. The molecule has 2 aromatic heterocycles. The second-order valence-electron chi connectivity index (χ2n) is 8.01. The van der Waals surface area contributed by atoms with Crippen LogP contribution in [0.15, 0.2) is 40.8 Å². The molecule has 0 saturated heterocycles. The molecule has 0 bridgehead atoms. The highest BCUT2D eigenvalue weighted by Crippen LogP contribution is 2.28. The summed E-state index contributed by atoms with van der Waals surface area (Å²) in [5.41, 5.74) is 4.44. The molecule has 1 aromatic carbocycles. The third kappa shape index (κ3) is 5.53. The van der Waals surface area contributed by atoms with E-state index in [2.05, 4.69) is 36.4 Å². The van der Waals surface area contributed by atoms with Crippen LogP contribution in [0.3, 0.4) is 0 Å². The Hall–Kier alpha value is -3.02. The third-order valence-corrected chi connectivity index (χ3v) is 4.98. The van der Waals surface area contributed by atoms with E-state index in [1.165, 1.54) is 0 Å². The largest absolute Gasteiger partial charge is 0.485 e. The van der Waals surface area contributed by atoms with Crippen LogP contribution in [-0.4, -0.2) is 22.2 Å². The van der Waals surface area contributed by atoms with Gasteiger partial charge in [0.2, 0.25) is 0 Å². The van der Waals surface area contributed by atoms with E-state index >= 15 is 0 Å². The summed E-state index contributed by atoms with van der Waals surface area (Å²) in [7, 11) is 0. The van der Waals surface area contributed by atoms with Crippen molar-refractivity contribution in [2.45, 2.75) is 60.1 Å². The molecule has 3 rings (SSSR count). The van der Waals surface area contributed by atoms with Gasteiger partial charge in [0.15, 0.2) is 5.76 Å². The van der Waals surface area contributed by atoms with Crippen molar-refractivity contribution in [1.82, 2.24) is 15.1 Å². The first-order valence-electron chi connectivity index (χ1n) is 10.4. The number of amides is 1. The molecule has 0 atom stereocenters. The molecule has 160 valence electrons. The molecule has 0 aliphatic carbocycles. The van der Waals surface area contributed by atoms with Gasteiger partial charge in [0.1, 0.15) is 18.1 Å². The van der Waals surface area contributed by atoms with Gasteiger partial charge in [-0.3, -0.25) is 9.48 Å². The normalized spacial score (nSPS) is 11.1. The zero-order valence-corrected chi connectivity index (χ0v) is 18.5. The van der Waals surface area contributed by atoms with Gasteiger partial charge in [-0.15, -0.1) is 0 Å². The van der Waals surface area contributed by atoms with Crippen LogP contribution in [0, 0.1) is 20.8 Å². The van der Waals surface area contributed by atoms with E-state index in [0.29, 0.717) is 24.0 Å². The fourth-order valence-electron chi connectivity index (χ4n) is 3.39. The lowest BCUT2D eigenvalue weighted by atomic mass is 10.0. The number of aromatic nitrogens is 2. The van der Waals surface area contributed by atoms with Crippen molar-refractivity contribution in [3.8, 4) is 5.75 Å². The number of hydrogen-bond acceptors (Lipinski definition) is 4. The molecule has 1 N–H and O–H groups in total. The number of carbonyl (C=O) groups excluding carboxylic acids is 1. The molecule has 3 aromatic rings. The Balaban J connectivity index is 1.49. The molecule has 0 aliphatic heterocycles. The molecule has 0 spiro atoms. The Morgan fingerprint density at radius 2 is 1.97 bits per heavy atom. The van der Waals surface area contributed by atoms with E-state index in [1.54, 1.807) is 12.1 Å². The summed E-state index contributed by atoms with van der Waals surface area (Å²) < 4.78 is 13.6. The molecule has 30 heavy (non-hydrogen) atoms. The number of aryl methyl sites for hydroxylation is 4. The highest BCUT2D eigenvalue weighted by Gasteiger charge is 2.13. The molecule has 6 nitrogen and oxygen atoms in total. The number of nitrogens with zero attached hydrogens (tertiary/aromatic N) is 2. The average molecular weight is 410 g/mol. The number of rotatable bonds is 9. The summed E-state index contributed by atoms with van der Waals surface area (Å²) in [6.45, 7) is 12.0. The molecule has 0 radical (unpaired) electrons. The predicted octanol–water partition coefficient (Wildman–Crippen LogP) is 4.92. The number of nitrogens with one attached hydrogen (secondary N) is 1. The van der Waals surface area contributed by atoms with Gasteiger partial charge in [0, 0.05) is 18.8 Å². The fraction of sp³-hybridized carbons (Fsp3) is 0.417. The van der Waals surface area contributed by atoms with E-state index < -0.39 is 0 Å². The Morgan fingerprint density at radius 3 is 2.67 bits per heavy atom. The Labute approximate surface area is 178 Å². The summed E-state index contributed by atoms with van der Waals surface area (Å²) in [6, 6.07) is 11.7. The van der Waals surface area contributed by atoms with Crippen molar-refractivity contribution in [3.05, 3.63) is 70.4 Å². The van der Waals surface area contributed by atoms with Crippen LogP contribution in [0.1, 0.15) is 65.0 Å². The summed E-state index contributed by atoms with van der Waals surface area (Å²) >= 11 is 0. The Morgan fingerprint density at radius 1 is 1.17 bits per heavy atom. The van der Waals surface area contributed by atoms with E-state index in [9.17, 15) is 4.79 Å². The number of hydrogen-bond donors (Lipinski definition) is 1. The summed E-state index contributed by atoms with van der Waals surface area (Å²) in [6.07, 6.45) is 0.801. The Bertz CT molecular complexity index is 1000. The maximum absolute atomic E-state index is 12.3. The summed E-state index contributed by atoms with van der Waals surface area (Å²) in [5.74, 6) is 1.93. The zero-order valence-electron chi connectivity index (χ0n) is 18.5. The lowest BCUT2D eigenvalue weighted by Gasteiger charge is -2.14. The monoisotopic (exact) mass is 409 g/mol. The van der Waals surface area contributed by atoms with Crippen LogP contribution in [0.2, 0.25) is 0 Å². The van der Waals surface area contributed by atoms with E-state index in [4.69, 9.17) is 9.15 Å². The van der Waals surface area contributed by atoms with Crippen molar-refractivity contribution in [2.75, 3.05) is 6.54 Å². The Kier molecular flexibility index (Phi) is 6.98. The second kappa shape index (κ2) is 9.65. The molecule has 0 fully saturated rings. The van der Waals surface area contributed by atoms with Crippen LogP contribution in [0.4, 0.5) is 0 Å². The van der Waals surface area contributed by atoms with Gasteiger partial charge in [-0.05, 0) is 68.5 Å². The van der Waals surface area contributed by atoms with Crippen molar-refractivity contribution >= 4 is 5.91 Å². The van der Waals surface area contributed by atoms with Gasteiger partial charge in [-0.25, -0.2) is 0 Å². The quantitative estimate of drug-likeness (QED) is 0.509. The maximum Gasteiger partial charge on any atom is 0.286 e. The van der Waals surface area contributed by atoms with Gasteiger partial charge in [-0.2, -0.15) is 5.10 Å². The number of furan rings is 1. The summed E-state index contributed by atoms with van der Waals surface area (Å²) in [4.78, 5) is 12.3. The molecule has 0 aliphatic rings. The first kappa shape index (κ1) is 21.7. The fourth-order valence-corrected chi connectivity index (χ4v) is 3.39. The minimum Gasteiger partial charge on any atom is -0.485 e. The molecule has 1 amide bonds. The van der Waals surface area contributed by atoms with Crippen LogP contribution >= 0.6 is 0 Å². The lowest BCUT2D eigenvalue weighted by molar-refractivity contribution is 0.0920. The molecule has 2 heterocycles. The van der Waals surface area contributed by atoms with Crippen molar-refractivity contribution in [2.24, 2.45) is 0 Å². The van der Waals surface area contributed by atoms with E-state index in [-0.39, 0.29) is 12.5 Å². The van der Waals surface area contributed by atoms with Crippen LogP contribution < -0.4 is 10.1 Å². The van der Waals surface area contributed by atoms with Gasteiger partial charge < -0.3 is 14.5 Å². The molecule has 0 saturated carbocycles. The van der Waals surface area contributed by atoms with Crippen molar-refractivity contribution in [1.29, 1.82) is 0 Å². The second-order valence-corrected chi connectivity index (χ2v) is 8.01. The third-order valence-electron chi connectivity index (χ3n) is 4.98. The standard InChI is InChI=1S/C24H31N3O3/c1-16(2)21-9-7-17(3)13-23(21)29-15-20-8-10-22(30-20)24(28)25-11-6-12-27-19(5)14-18(4)26-27/h7-10,13-14,16H,6,11-12,15H2,1-5H3,(H,25,28). The SMILES string of the molecule is Cc1ccc(C(C)C)c(OCc2ccc(C(=O)NCCCn3nc(C)cc3C)o2)c1. The predicted molar refractivity (Wildman–Crippen MR) is 117 cm³/mol. The van der Waals surface area contributed by atoms with E-state index in [1.807, 2.05) is 37.6 Å². The maximum atomic E-state index is 12.3. The minimum absolute atomic E-state index is 0.215. The van der Waals surface area contributed by atoms with Gasteiger partial charge >= 0.3 is 0 Å². The zero-order chi connectivity index (χ0) is 21.7. The molecular formula is C24H31N3O3. The van der Waals surface area contributed by atoms with Crippen molar-refractivity contribution in [3.63, 3.8) is 0 Å². The smallest absolute Gasteiger partial charge is 0.286 e. The van der Waals surface area contributed by atoms with Gasteiger partial charge in [-0.1, -0.05) is 26.0 Å². The minimum atomic E-state index is -0.215. The molecule has 0 unspecified atom stereocenters. The molecule has 6 heteroatoms. The number of ether oxygens (including phenoxy) is 1. The van der Waals surface area contributed by atoms with E-state index in [0.717, 1.165) is 41.2 Å². The highest BCUT2D eigenvalue weighted by atomic mass is 16.5. The number of carbonyl (C=O) groups is 1. The average Bonchev–Trinajstić information content (AvgIpc) is 3.29. The number of benzene rings is 1. The first-order valence-corrected chi connectivity index (χ1v) is 10.4. The topological polar surface area (TPSA) is 69.3 Å². The first-order chi connectivity index (χ1) is 14.3. The van der Waals surface area contributed by atoms with Crippen LogP contribution in [0.5, 0.6) is 5.75 Å². The molecular weight excluding hydrogens is 378 g/mol. The van der Waals surface area contributed by atoms with Crippen LogP contribution in [-0.2, 0) is 13.2 Å². The van der Waals surface area contributed by atoms with Crippen molar-refractivity contribution < 1.29 is 13.9 Å². The van der Waals surface area contributed by atoms with Gasteiger partial charge in [0.25, 0.3) is 5.91 Å².